The zero-order valence-corrected chi connectivity index (χ0v) is 11.5. The van der Waals surface area contributed by atoms with Crippen molar-refractivity contribution in [2.45, 2.75) is 32.7 Å². The van der Waals surface area contributed by atoms with E-state index in [9.17, 15) is 0 Å². The van der Waals surface area contributed by atoms with Crippen LogP contribution in [-0.2, 0) is 6.54 Å². The minimum absolute atomic E-state index is 0.540. The fourth-order valence-corrected chi connectivity index (χ4v) is 1.89. The number of nitrogen functional groups attached to an aromatic ring is 1. The molecule has 0 spiro atoms. The lowest BCUT2D eigenvalue weighted by molar-refractivity contribution is 0.291. The topological polar surface area (TPSA) is 53.1 Å². The SMILES string of the molecule is CCC(C)c1ccc(OCCn2ccc(N)n2)cc1. The molecule has 0 aliphatic carbocycles. The number of aromatic nitrogens is 2. The van der Waals surface area contributed by atoms with Crippen molar-refractivity contribution in [3.8, 4) is 5.75 Å². The minimum atomic E-state index is 0.540. The number of nitrogens with two attached hydrogens (primary N) is 1. The number of hydrogen-bond donors (Lipinski definition) is 1. The summed E-state index contributed by atoms with van der Waals surface area (Å²) < 4.78 is 7.47. The Morgan fingerprint density at radius 2 is 2.00 bits per heavy atom. The molecule has 0 aliphatic rings. The van der Waals surface area contributed by atoms with Gasteiger partial charge in [-0.3, -0.25) is 4.68 Å². The highest BCUT2D eigenvalue weighted by Crippen LogP contribution is 2.21. The van der Waals surface area contributed by atoms with E-state index in [4.69, 9.17) is 10.5 Å². The first-order valence-electron chi connectivity index (χ1n) is 6.70. The van der Waals surface area contributed by atoms with Gasteiger partial charge in [0.05, 0.1) is 6.54 Å². The summed E-state index contributed by atoms with van der Waals surface area (Å²) in [5.74, 6) is 2.03. The Kier molecular flexibility index (Phi) is 4.44. The third-order valence-electron chi connectivity index (χ3n) is 3.31. The van der Waals surface area contributed by atoms with Crippen LogP contribution in [0.5, 0.6) is 5.75 Å². The summed E-state index contributed by atoms with van der Waals surface area (Å²) in [6.45, 7) is 5.72. The number of anilines is 1. The molecule has 0 saturated carbocycles. The average Bonchev–Trinajstić information content (AvgIpc) is 2.84. The Morgan fingerprint density at radius 1 is 1.26 bits per heavy atom. The van der Waals surface area contributed by atoms with Crippen molar-refractivity contribution in [1.29, 1.82) is 0 Å². The minimum Gasteiger partial charge on any atom is -0.492 e. The Balaban J connectivity index is 1.83. The van der Waals surface area contributed by atoms with Gasteiger partial charge in [0.25, 0.3) is 0 Å². The van der Waals surface area contributed by atoms with Crippen LogP contribution in [0.4, 0.5) is 5.82 Å². The molecule has 0 aliphatic heterocycles. The first-order valence-corrected chi connectivity index (χ1v) is 6.70. The molecule has 1 unspecified atom stereocenters. The first-order chi connectivity index (χ1) is 9.19. The third kappa shape index (κ3) is 3.74. The Morgan fingerprint density at radius 3 is 2.58 bits per heavy atom. The summed E-state index contributed by atoms with van der Waals surface area (Å²) in [4.78, 5) is 0. The van der Waals surface area contributed by atoms with E-state index in [0.717, 1.165) is 12.2 Å². The molecule has 4 nitrogen and oxygen atoms in total. The first kappa shape index (κ1) is 13.5. The maximum atomic E-state index is 5.69. The van der Waals surface area contributed by atoms with Crippen LogP contribution in [0.3, 0.4) is 0 Å². The number of nitrogens with zero attached hydrogens (tertiary/aromatic N) is 2. The predicted octanol–water partition coefficient (Wildman–Crippen LogP) is 3.06. The molecule has 1 heterocycles. The van der Waals surface area contributed by atoms with E-state index in [1.807, 2.05) is 18.3 Å². The quantitative estimate of drug-likeness (QED) is 0.867. The molecule has 1 aromatic carbocycles. The van der Waals surface area contributed by atoms with E-state index < -0.39 is 0 Å². The van der Waals surface area contributed by atoms with Crippen LogP contribution >= 0.6 is 0 Å². The van der Waals surface area contributed by atoms with Gasteiger partial charge in [-0.25, -0.2) is 0 Å². The van der Waals surface area contributed by atoms with Crippen molar-refractivity contribution < 1.29 is 4.74 Å². The summed E-state index contributed by atoms with van der Waals surface area (Å²) in [6.07, 6.45) is 3.01. The van der Waals surface area contributed by atoms with Crippen molar-refractivity contribution in [3.63, 3.8) is 0 Å². The number of ether oxygens (including phenoxy) is 1. The normalized spacial score (nSPS) is 12.3. The molecule has 0 fully saturated rings. The zero-order chi connectivity index (χ0) is 13.7. The molecular weight excluding hydrogens is 238 g/mol. The van der Waals surface area contributed by atoms with Crippen LogP contribution in [0.1, 0.15) is 31.7 Å². The predicted molar refractivity (Wildman–Crippen MR) is 77.3 cm³/mol. The summed E-state index contributed by atoms with van der Waals surface area (Å²) >= 11 is 0. The van der Waals surface area contributed by atoms with Gasteiger partial charge in [-0.2, -0.15) is 5.10 Å². The molecule has 0 radical (unpaired) electrons. The van der Waals surface area contributed by atoms with Crippen molar-refractivity contribution >= 4 is 5.82 Å². The van der Waals surface area contributed by atoms with Crippen molar-refractivity contribution in [3.05, 3.63) is 42.1 Å². The summed E-state index contributed by atoms with van der Waals surface area (Å²) in [5, 5.41) is 4.10. The van der Waals surface area contributed by atoms with Gasteiger partial charge in [0.1, 0.15) is 18.2 Å². The van der Waals surface area contributed by atoms with Crippen LogP contribution in [0.15, 0.2) is 36.5 Å². The zero-order valence-electron chi connectivity index (χ0n) is 11.5. The van der Waals surface area contributed by atoms with Crippen molar-refractivity contribution in [1.82, 2.24) is 9.78 Å². The van der Waals surface area contributed by atoms with Gasteiger partial charge in [0.15, 0.2) is 0 Å². The summed E-state index contributed by atoms with van der Waals surface area (Å²) in [5.41, 5.74) is 6.90. The van der Waals surface area contributed by atoms with Gasteiger partial charge >= 0.3 is 0 Å². The highest BCUT2D eigenvalue weighted by Gasteiger charge is 2.02. The molecule has 19 heavy (non-hydrogen) atoms. The lowest BCUT2D eigenvalue weighted by Crippen LogP contribution is -2.09. The maximum absolute atomic E-state index is 5.69. The van der Waals surface area contributed by atoms with E-state index >= 15 is 0 Å². The van der Waals surface area contributed by atoms with Crippen LogP contribution in [-0.4, -0.2) is 16.4 Å². The van der Waals surface area contributed by atoms with E-state index in [-0.39, 0.29) is 0 Å². The molecule has 4 heteroatoms. The highest BCUT2D eigenvalue weighted by atomic mass is 16.5. The van der Waals surface area contributed by atoms with Crippen LogP contribution < -0.4 is 10.5 Å². The van der Waals surface area contributed by atoms with Gasteiger partial charge in [-0.15, -0.1) is 0 Å². The Labute approximate surface area is 114 Å². The molecule has 2 N–H and O–H groups in total. The molecule has 2 aromatic rings. The van der Waals surface area contributed by atoms with Crippen LogP contribution in [0.2, 0.25) is 0 Å². The molecule has 1 atom stereocenters. The lowest BCUT2D eigenvalue weighted by atomic mass is 9.99. The van der Waals surface area contributed by atoms with E-state index in [1.54, 1.807) is 10.7 Å². The van der Waals surface area contributed by atoms with E-state index in [0.29, 0.717) is 24.9 Å². The molecule has 0 amide bonds. The van der Waals surface area contributed by atoms with Crippen molar-refractivity contribution in [2.75, 3.05) is 12.3 Å². The van der Waals surface area contributed by atoms with E-state index in [1.165, 1.54) is 5.56 Å². The van der Waals surface area contributed by atoms with Crippen LogP contribution in [0, 0.1) is 0 Å². The second kappa shape index (κ2) is 6.27. The van der Waals surface area contributed by atoms with Gasteiger partial charge < -0.3 is 10.5 Å². The average molecular weight is 259 g/mol. The monoisotopic (exact) mass is 259 g/mol. The summed E-state index contributed by atoms with van der Waals surface area (Å²) in [6, 6.07) is 10.1. The Hall–Kier alpha value is -1.97. The standard InChI is InChI=1S/C15H21N3O/c1-3-12(2)13-4-6-14(7-5-13)19-11-10-18-9-8-15(16)17-18/h4-9,12H,3,10-11H2,1-2H3,(H2,16,17). The van der Waals surface area contributed by atoms with Crippen molar-refractivity contribution in [2.24, 2.45) is 0 Å². The number of rotatable bonds is 6. The maximum Gasteiger partial charge on any atom is 0.145 e. The fourth-order valence-electron chi connectivity index (χ4n) is 1.89. The fraction of sp³-hybridized carbons (Fsp3) is 0.400. The highest BCUT2D eigenvalue weighted by molar-refractivity contribution is 5.29. The molecule has 1 aromatic heterocycles. The lowest BCUT2D eigenvalue weighted by Gasteiger charge is -2.10. The second-order valence-electron chi connectivity index (χ2n) is 4.73. The van der Waals surface area contributed by atoms with E-state index in [2.05, 4.69) is 31.1 Å². The Bertz CT molecular complexity index is 504. The smallest absolute Gasteiger partial charge is 0.145 e. The third-order valence-corrected chi connectivity index (χ3v) is 3.31. The number of benzene rings is 1. The van der Waals surface area contributed by atoms with Gasteiger partial charge in [0, 0.05) is 6.20 Å². The van der Waals surface area contributed by atoms with Gasteiger partial charge in [0.2, 0.25) is 0 Å². The van der Waals surface area contributed by atoms with Crippen LogP contribution in [0.25, 0.3) is 0 Å². The molecule has 0 saturated heterocycles. The van der Waals surface area contributed by atoms with Gasteiger partial charge in [-0.1, -0.05) is 26.0 Å². The summed E-state index contributed by atoms with van der Waals surface area (Å²) in [7, 11) is 0. The molecule has 2 rings (SSSR count). The largest absolute Gasteiger partial charge is 0.492 e. The molecule has 102 valence electrons. The molecular formula is C15H21N3O. The number of hydrogen-bond acceptors (Lipinski definition) is 3. The van der Waals surface area contributed by atoms with Gasteiger partial charge in [-0.05, 0) is 36.1 Å². The second-order valence-corrected chi connectivity index (χ2v) is 4.73. The molecule has 0 bridgehead atoms.